The van der Waals surface area contributed by atoms with Crippen LogP contribution in [0.1, 0.15) is 11.2 Å². The number of benzene rings is 1. The third-order valence-electron chi connectivity index (χ3n) is 3.00. The molecular weight excluding hydrogens is 266 g/mol. The molecule has 2 N–H and O–H groups in total. The van der Waals surface area contributed by atoms with E-state index in [0.29, 0.717) is 11.3 Å². The average Bonchev–Trinajstić information content (AvgIpc) is 2.67. The van der Waals surface area contributed by atoms with Crippen LogP contribution in [0.5, 0.6) is 0 Å². The summed E-state index contributed by atoms with van der Waals surface area (Å²) >= 11 is 5.09. The van der Waals surface area contributed by atoms with Crippen LogP contribution in [0.4, 0.5) is 5.82 Å². The van der Waals surface area contributed by atoms with Crippen LogP contribution in [0.25, 0.3) is 10.9 Å². The predicted molar refractivity (Wildman–Crippen MR) is 70.9 cm³/mol. The summed E-state index contributed by atoms with van der Waals surface area (Å²) in [6.45, 7) is 0. The Hall–Kier alpha value is -2.28. The lowest BCUT2D eigenvalue weighted by atomic mass is 10.2. The van der Waals surface area contributed by atoms with E-state index in [1.165, 1.54) is 4.57 Å². The van der Waals surface area contributed by atoms with Gasteiger partial charge in [-0.3, -0.25) is 9.59 Å². The second-order valence-electron chi connectivity index (χ2n) is 4.23. The monoisotopic (exact) mass is 275 g/mol. The number of anilines is 1. The lowest BCUT2D eigenvalue weighted by Gasteiger charge is -2.05. The summed E-state index contributed by atoms with van der Waals surface area (Å²) in [5, 5.41) is 12.5. The highest BCUT2D eigenvalue weighted by Gasteiger charge is 2.33. The van der Waals surface area contributed by atoms with Crippen LogP contribution in [-0.4, -0.2) is 32.6 Å². The first-order valence-electron chi connectivity index (χ1n) is 5.62. The molecule has 0 amide bonds. The zero-order valence-electron chi connectivity index (χ0n) is 9.66. The van der Waals surface area contributed by atoms with Gasteiger partial charge in [-0.25, -0.2) is 9.55 Å². The Kier molecular flexibility index (Phi) is 2.56. The smallest absolute Gasteiger partial charge is 0.305 e. The fourth-order valence-corrected chi connectivity index (χ4v) is 2.46. The van der Waals surface area contributed by atoms with E-state index in [9.17, 15) is 9.59 Å². The number of carbonyl (C=O) groups excluding carboxylic acids is 1. The van der Waals surface area contributed by atoms with Gasteiger partial charge < -0.3 is 10.4 Å². The standard InChI is InChI=1S/C12H9N3O3S/c16-9(17)5-8-11(18)15-10(13-8)6-3-1-2-4-7(6)14-12(15)19/h1-4,8,13H,5H2,(H,16,17). The lowest BCUT2D eigenvalue weighted by Crippen LogP contribution is -2.27. The molecular formula is C12H9N3O3S. The minimum Gasteiger partial charge on any atom is -0.481 e. The lowest BCUT2D eigenvalue weighted by molar-refractivity contribution is -0.137. The van der Waals surface area contributed by atoms with Gasteiger partial charge in [0.2, 0.25) is 4.77 Å². The first-order valence-corrected chi connectivity index (χ1v) is 6.03. The van der Waals surface area contributed by atoms with Crippen molar-refractivity contribution in [3.8, 4) is 0 Å². The number of carboxylic acids is 1. The van der Waals surface area contributed by atoms with Gasteiger partial charge in [0.1, 0.15) is 11.9 Å². The Morgan fingerprint density at radius 1 is 1.47 bits per heavy atom. The van der Waals surface area contributed by atoms with Crippen molar-refractivity contribution in [1.82, 2.24) is 9.55 Å². The average molecular weight is 275 g/mol. The molecule has 1 unspecified atom stereocenters. The quantitative estimate of drug-likeness (QED) is 0.811. The van der Waals surface area contributed by atoms with Crippen LogP contribution in [0.3, 0.4) is 0 Å². The third-order valence-corrected chi connectivity index (χ3v) is 3.27. The van der Waals surface area contributed by atoms with Crippen molar-refractivity contribution >= 4 is 40.8 Å². The molecule has 1 aromatic carbocycles. The SMILES string of the molecule is O=C(O)CC1Nc2c3ccccc3nc(=S)n2C1=O. The summed E-state index contributed by atoms with van der Waals surface area (Å²) in [4.78, 5) is 27.1. The molecule has 96 valence electrons. The molecule has 6 nitrogen and oxygen atoms in total. The van der Waals surface area contributed by atoms with Crippen LogP contribution >= 0.6 is 12.2 Å². The molecule has 0 saturated heterocycles. The maximum absolute atomic E-state index is 12.1. The number of carboxylic acid groups (broad SMARTS) is 1. The molecule has 1 aliphatic heterocycles. The normalized spacial score (nSPS) is 17.3. The number of fused-ring (bicyclic) bond motifs is 3. The van der Waals surface area contributed by atoms with Gasteiger partial charge in [-0.1, -0.05) is 12.1 Å². The number of para-hydroxylation sites is 1. The number of aliphatic carboxylic acids is 1. The summed E-state index contributed by atoms with van der Waals surface area (Å²) in [7, 11) is 0. The maximum Gasteiger partial charge on any atom is 0.305 e. The molecule has 1 atom stereocenters. The van der Waals surface area contributed by atoms with E-state index in [-0.39, 0.29) is 17.1 Å². The van der Waals surface area contributed by atoms with Gasteiger partial charge in [-0.05, 0) is 24.4 Å². The molecule has 0 saturated carbocycles. The van der Waals surface area contributed by atoms with Gasteiger partial charge in [0.05, 0.1) is 11.9 Å². The van der Waals surface area contributed by atoms with Gasteiger partial charge in [-0.2, -0.15) is 0 Å². The second-order valence-corrected chi connectivity index (χ2v) is 4.59. The Morgan fingerprint density at radius 2 is 2.21 bits per heavy atom. The van der Waals surface area contributed by atoms with E-state index in [1.807, 2.05) is 18.2 Å². The number of carbonyl (C=O) groups is 2. The van der Waals surface area contributed by atoms with Crippen molar-refractivity contribution in [1.29, 1.82) is 0 Å². The maximum atomic E-state index is 12.1. The van der Waals surface area contributed by atoms with Crippen LogP contribution in [0.15, 0.2) is 24.3 Å². The van der Waals surface area contributed by atoms with E-state index in [4.69, 9.17) is 17.3 Å². The van der Waals surface area contributed by atoms with Crippen LogP contribution in [0, 0.1) is 4.77 Å². The molecule has 0 spiro atoms. The fourth-order valence-electron chi connectivity index (χ4n) is 2.18. The van der Waals surface area contributed by atoms with Crippen molar-refractivity contribution in [3.63, 3.8) is 0 Å². The number of nitrogens with one attached hydrogen (secondary N) is 1. The number of rotatable bonds is 2. The predicted octanol–water partition coefficient (Wildman–Crippen LogP) is 1.67. The van der Waals surface area contributed by atoms with Crippen LogP contribution in [-0.2, 0) is 4.79 Å². The minimum atomic E-state index is -1.04. The fraction of sp³-hybridized carbons (Fsp3) is 0.167. The minimum absolute atomic E-state index is 0.138. The van der Waals surface area contributed by atoms with E-state index in [0.717, 1.165) is 5.39 Å². The number of nitrogens with zero attached hydrogens (tertiary/aromatic N) is 2. The van der Waals surface area contributed by atoms with Crippen molar-refractivity contribution < 1.29 is 14.7 Å². The molecule has 0 fully saturated rings. The van der Waals surface area contributed by atoms with E-state index in [1.54, 1.807) is 6.07 Å². The molecule has 2 aromatic rings. The van der Waals surface area contributed by atoms with Gasteiger partial charge in [-0.15, -0.1) is 0 Å². The van der Waals surface area contributed by atoms with Crippen LogP contribution < -0.4 is 5.32 Å². The highest BCUT2D eigenvalue weighted by atomic mass is 32.1. The van der Waals surface area contributed by atoms with Gasteiger partial charge in [0.15, 0.2) is 0 Å². The largest absolute Gasteiger partial charge is 0.481 e. The summed E-state index contributed by atoms with van der Waals surface area (Å²) < 4.78 is 1.41. The molecule has 19 heavy (non-hydrogen) atoms. The number of aromatic nitrogens is 2. The molecule has 0 aliphatic carbocycles. The molecule has 3 rings (SSSR count). The summed E-state index contributed by atoms with van der Waals surface area (Å²) in [5.41, 5.74) is 0.676. The number of hydrogen-bond acceptors (Lipinski definition) is 5. The number of hydrogen-bond donors (Lipinski definition) is 2. The van der Waals surface area contributed by atoms with E-state index in [2.05, 4.69) is 10.3 Å². The summed E-state index contributed by atoms with van der Waals surface area (Å²) in [6.07, 6.45) is -0.288. The van der Waals surface area contributed by atoms with E-state index >= 15 is 0 Å². The molecule has 2 heterocycles. The summed E-state index contributed by atoms with van der Waals surface area (Å²) in [6, 6.07) is 6.46. The molecule has 0 radical (unpaired) electrons. The highest BCUT2D eigenvalue weighted by Crippen LogP contribution is 2.28. The van der Waals surface area contributed by atoms with Crippen molar-refractivity contribution in [3.05, 3.63) is 29.0 Å². The zero-order chi connectivity index (χ0) is 13.6. The Balaban J connectivity index is 2.21. The van der Waals surface area contributed by atoms with Gasteiger partial charge in [0, 0.05) is 5.39 Å². The Labute approximate surface area is 112 Å². The molecule has 1 aliphatic rings. The van der Waals surface area contributed by atoms with Crippen molar-refractivity contribution in [2.75, 3.05) is 5.32 Å². The third kappa shape index (κ3) is 1.78. The Bertz CT molecular complexity index is 768. The molecule has 0 bridgehead atoms. The second kappa shape index (κ2) is 4.13. The highest BCUT2D eigenvalue weighted by molar-refractivity contribution is 7.71. The Morgan fingerprint density at radius 3 is 2.95 bits per heavy atom. The van der Waals surface area contributed by atoms with Gasteiger partial charge in [0.25, 0.3) is 5.91 Å². The summed E-state index contributed by atoms with van der Waals surface area (Å²) in [5.74, 6) is -0.894. The molecule has 7 heteroatoms. The van der Waals surface area contributed by atoms with Crippen molar-refractivity contribution in [2.45, 2.75) is 12.5 Å². The first-order chi connectivity index (χ1) is 9.08. The van der Waals surface area contributed by atoms with Crippen molar-refractivity contribution in [2.24, 2.45) is 0 Å². The first kappa shape index (κ1) is 11.8. The molecule has 1 aromatic heterocycles. The topological polar surface area (TPSA) is 84.2 Å². The van der Waals surface area contributed by atoms with Crippen LogP contribution in [0.2, 0.25) is 0 Å². The zero-order valence-corrected chi connectivity index (χ0v) is 10.5. The van der Waals surface area contributed by atoms with E-state index < -0.39 is 12.0 Å². The van der Waals surface area contributed by atoms with Gasteiger partial charge >= 0.3 is 5.97 Å².